The van der Waals surface area contributed by atoms with Crippen molar-refractivity contribution in [3.8, 4) is 0 Å². The van der Waals surface area contributed by atoms with Gasteiger partial charge in [-0.05, 0) is 40.0 Å². The zero-order valence-electron chi connectivity index (χ0n) is 12.7. The van der Waals surface area contributed by atoms with Crippen molar-refractivity contribution in [3.05, 3.63) is 58.1 Å². The van der Waals surface area contributed by atoms with Crippen molar-refractivity contribution in [2.45, 2.75) is 19.9 Å². The number of hydrogen-bond donors (Lipinski definition) is 2. The average Bonchev–Trinajstić information content (AvgIpc) is 2.58. The molecule has 7 heteroatoms. The number of aromatic nitrogens is 2. The highest BCUT2D eigenvalue weighted by Gasteiger charge is 2.09. The molecule has 0 bridgehead atoms. The van der Waals surface area contributed by atoms with Gasteiger partial charge < -0.3 is 10.6 Å². The van der Waals surface area contributed by atoms with Gasteiger partial charge in [-0.25, -0.2) is 9.97 Å². The van der Waals surface area contributed by atoms with E-state index in [1.54, 1.807) is 18.2 Å². The molecule has 2 N–H and O–H groups in total. The summed E-state index contributed by atoms with van der Waals surface area (Å²) in [5, 5.41) is 5.55. The van der Waals surface area contributed by atoms with Crippen LogP contribution >= 0.6 is 15.9 Å². The summed E-state index contributed by atoms with van der Waals surface area (Å²) in [4.78, 5) is 31.8. The Hall–Kier alpha value is -2.28. The molecule has 0 aliphatic heterocycles. The van der Waals surface area contributed by atoms with Crippen molar-refractivity contribution in [3.63, 3.8) is 0 Å². The second-order valence-corrected chi connectivity index (χ2v) is 5.78. The fourth-order valence-corrected chi connectivity index (χ4v) is 2.06. The molecule has 2 aromatic rings. The Kier molecular flexibility index (Phi) is 6.22. The van der Waals surface area contributed by atoms with Gasteiger partial charge in [0.05, 0.1) is 4.47 Å². The van der Waals surface area contributed by atoms with Crippen molar-refractivity contribution in [1.82, 2.24) is 20.6 Å². The zero-order chi connectivity index (χ0) is 16.7. The summed E-state index contributed by atoms with van der Waals surface area (Å²) in [5.41, 5.74) is 1.41. The van der Waals surface area contributed by atoms with Gasteiger partial charge in [0.2, 0.25) is 5.82 Å². The summed E-state index contributed by atoms with van der Waals surface area (Å²) in [6.45, 7) is 2.93. The first kappa shape index (κ1) is 17.1. The first-order valence-electron chi connectivity index (χ1n) is 7.23. The molecule has 0 saturated heterocycles. The van der Waals surface area contributed by atoms with Gasteiger partial charge >= 0.3 is 0 Å². The van der Waals surface area contributed by atoms with Gasteiger partial charge in [0.1, 0.15) is 0 Å². The predicted molar refractivity (Wildman–Crippen MR) is 90.0 cm³/mol. The molecule has 120 valence electrons. The normalized spacial score (nSPS) is 10.2. The van der Waals surface area contributed by atoms with E-state index in [-0.39, 0.29) is 17.6 Å². The van der Waals surface area contributed by atoms with Crippen LogP contribution < -0.4 is 10.6 Å². The summed E-state index contributed by atoms with van der Waals surface area (Å²) in [7, 11) is 0. The molecule has 0 unspecified atom stereocenters. The highest BCUT2D eigenvalue weighted by molar-refractivity contribution is 9.10. The lowest BCUT2D eigenvalue weighted by Gasteiger charge is -2.07. The van der Waals surface area contributed by atoms with Gasteiger partial charge in [0.15, 0.2) is 0 Å². The third kappa shape index (κ3) is 5.14. The molecule has 2 amide bonds. The minimum atomic E-state index is -0.363. The van der Waals surface area contributed by atoms with Crippen LogP contribution in [0.5, 0.6) is 0 Å². The SMILES string of the molecule is CCCNC(=O)c1cccc(CNC(=O)c2ncc(Br)cn2)c1. The third-order valence-corrected chi connectivity index (χ3v) is 3.41. The molecule has 23 heavy (non-hydrogen) atoms. The summed E-state index contributed by atoms with van der Waals surface area (Å²) < 4.78 is 0.708. The number of halogens is 1. The molecule has 1 heterocycles. The van der Waals surface area contributed by atoms with Gasteiger partial charge in [-0.3, -0.25) is 9.59 Å². The first-order chi connectivity index (χ1) is 11.1. The van der Waals surface area contributed by atoms with Crippen LogP contribution in [0.15, 0.2) is 41.1 Å². The van der Waals surface area contributed by atoms with Gasteiger partial charge in [-0.2, -0.15) is 0 Å². The third-order valence-electron chi connectivity index (χ3n) is 3.00. The number of benzene rings is 1. The monoisotopic (exact) mass is 376 g/mol. The molecular weight excluding hydrogens is 360 g/mol. The minimum Gasteiger partial charge on any atom is -0.352 e. The lowest BCUT2D eigenvalue weighted by molar-refractivity contribution is 0.0938. The number of amides is 2. The Balaban J connectivity index is 1.96. The summed E-state index contributed by atoms with van der Waals surface area (Å²) >= 11 is 3.22. The van der Waals surface area contributed by atoms with Crippen LogP contribution in [0.1, 0.15) is 39.9 Å². The van der Waals surface area contributed by atoms with E-state index in [4.69, 9.17) is 0 Å². The molecular formula is C16H17BrN4O2. The van der Waals surface area contributed by atoms with Crippen molar-refractivity contribution in [2.75, 3.05) is 6.54 Å². The highest BCUT2D eigenvalue weighted by atomic mass is 79.9. The van der Waals surface area contributed by atoms with E-state index < -0.39 is 0 Å². The Labute approximate surface area is 142 Å². The number of rotatable bonds is 6. The van der Waals surface area contributed by atoms with Crippen molar-refractivity contribution in [2.24, 2.45) is 0 Å². The van der Waals surface area contributed by atoms with Crippen LogP contribution in [0.25, 0.3) is 0 Å². The maximum atomic E-state index is 12.0. The zero-order valence-corrected chi connectivity index (χ0v) is 14.3. The van der Waals surface area contributed by atoms with Crippen molar-refractivity contribution < 1.29 is 9.59 Å². The van der Waals surface area contributed by atoms with Crippen LogP contribution in [0.2, 0.25) is 0 Å². The fraction of sp³-hybridized carbons (Fsp3) is 0.250. The fourth-order valence-electron chi connectivity index (χ4n) is 1.85. The van der Waals surface area contributed by atoms with E-state index in [0.29, 0.717) is 23.1 Å². The topological polar surface area (TPSA) is 84.0 Å². The number of nitrogens with one attached hydrogen (secondary N) is 2. The highest BCUT2D eigenvalue weighted by Crippen LogP contribution is 2.07. The Morgan fingerprint density at radius 2 is 1.87 bits per heavy atom. The van der Waals surface area contributed by atoms with E-state index in [1.807, 2.05) is 13.0 Å². The van der Waals surface area contributed by atoms with Gasteiger partial charge in [0, 0.05) is 31.0 Å². The molecule has 1 aromatic heterocycles. The molecule has 0 spiro atoms. The summed E-state index contributed by atoms with van der Waals surface area (Å²) in [6, 6.07) is 7.14. The Morgan fingerprint density at radius 1 is 1.13 bits per heavy atom. The molecule has 0 aliphatic rings. The van der Waals surface area contributed by atoms with Crippen molar-refractivity contribution >= 4 is 27.7 Å². The summed E-state index contributed by atoms with van der Waals surface area (Å²) in [6.07, 6.45) is 3.91. The Morgan fingerprint density at radius 3 is 2.57 bits per heavy atom. The molecule has 0 aliphatic carbocycles. The van der Waals surface area contributed by atoms with Gasteiger partial charge in [-0.15, -0.1) is 0 Å². The maximum absolute atomic E-state index is 12.0. The van der Waals surface area contributed by atoms with Gasteiger partial charge in [0.25, 0.3) is 11.8 Å². The van der Waals surface area contributed by atoms with Crippen LogP contribution in [0.4, 0.5) is 0 Å². The van der Waals surface area contributed by atoms with E-state index in [1.165, 1.54) is 12.4 Å². The quantitative estimate of drug-likeness (QED) is 0.809. The second-order valence-electron chi connectivity index (χ2n) is 4.86. The Bertz CT molecular complexity index is 689. The van der Waals surface area contributed by atoms with Crippen LogP contribution in [0.3, 0.4) is 0 Å². The first-order valence-corrected chi connectivity index (χ1v) is 8.02. The van der Waals surface area contributed by atoms with Crippen LogP contribution in [0, 0.1) is 0 Å². The maximum Gasteiger partial charge on any atom is 0.289 e. The largest absolute Gasteiger partial charge is 0.352 e. The number of carbonyl (C=O) groups is 2. The average molecular weight is 377 g/mol. The number of carbonyl (C=O) groups excluding carboxylic acids is 2. The lowest BCUT2D eigenvalue weighted by atomic mass is 10.1. The molecule has 1 aromatic carbocycles. The number of nitrogens with zero attached hydrogens (tertiary/aromatic N) is 2. The minimum absolute atomic E-state index is 0.102. The van der Waals surface area contributed by atoms with E-state index in [9.17, 15) is 9.59 Å². The van der Waals surface area contributed by atoms with Crippen LogP contribution in [-0.2, 0) is 6.54 Å². The smallest absolute Gasteiger partial charge is 0.289 e. The van der Waals surface area contributed by atoms with E-state index in [0.717, 1.165) is 12.0 Å². The summed E-state index contributed by atoms with van der Waals surface area (Å²) in [5.74, 6) is -0.375. The molecule has 0 radical (unpaired) electrons. The molecule has 0 saturated carbocycles. The lowest BCUT2D eigenvalue weighted by Crippen LogP contribution is -2.26. The predicted octanol–water partition coefficient (Wildman–Crippen LogP) is 2.31. The molecule has 0 atom stereocenters. The van der Waals surface area contributed by atoms with E-state index >= 15 is 0 Å². The molecule has 2 rings (SSSR count). The van der Waals surface area contributed by atoms with Gasteiger partial charge in [-0.1, -0.05) is 19.1 Å². The van der Waals surface area contributed by atoms with E-state index in [2.05, 4.69) is 36.5 Å². The van der Waals surface area contributed by atoms with Crippen molar-refractivity contribution in [1.29, 1.82) is 0 Å². The standard InChI is InChI=1S/C16H17BrN4O2/c1-2-6-18-15(22)12-5-3-4-11(7-12)8-21-16(23)14-19-9-13(17)10-20-14/h3-5,7,9-10H,2,6,8H2,1H3,(H,18,22)(H,21,23). The number of hydrogen-bond acceptors (Lipinski definition) is 4. The second kappa shape index (κ2) is 8.38. The molecule has 0 fully saturated rings. The van der Waals surface area contributed by atoms with Crippen LogP contribution in [-0.4, -0.2) is 28.3 Å². The molecule has 6 nitrogen and oxygen atoms in total.